The molecule has 0 spiro atoms. The molecule has 5 aliphatic rings. The van der Waals surface area contributed by atoms with Crippen LogP contribution in [0.25, 0.3) is 0 Å². The Labute approximate surface area is 198 Å². The van der Waals surface area contributed by atoms with E-state index in [1.165, 1.54) is 23.6 Å². The van der Waals surface area contributed by atoms with Gasteiger partial charge >= 0.3 is 6.18 Å². The Morgan fingerprint density at radius 1 is 0.971 bits per heavy atom. The average molecular weight is 500 g/mol. The van der Waals surface area contributed by atoms with Gasteiger partial charge in [-0.2, -0.15) is 17.5 Å². The van der Waals surface area contributed by atoms with E-state index >= 15 is 0 Å². The monoisotopic (exact) mass is 499 g/mol. The van der Waals surface area contributed by atoms with Crippen LogP contribution < -0.4 is 5.32 Å². The van der Waals surface area contributed by atoms with Gasteiger partial charge in [-0.1, -0.05) is 0 Å². The first-order chi connectivity index (χ1) is 16.0. The van der Waals surface area contributed by atoms with Gasteiger partial charge in [0.2, 0.25) is 15.9 Å². The maximum atomic E-state index is 13.2. The highest BCUT2D eigenvalue weighted by molar-refractivity contribution is 7.89. The molecule has 1 amide bonds. The zero-order valence-electron chi connectivity index (χ0n) is 19.4. The molecule has 4 aliphatic carbocycles. The van der Waals surface area contributed by atoms with Gasteiger partial charge < -0.3 is 5.32 Å². The first kappa shape index (κ1) is 24.1. The smallest absolute Gasteiger partial charge is 0.349 e. The Morgan fingerprint density at radius 3 is 1.94 bits per heavy atom. The standard InChI is InChI=1S/C24H32F3N3O3S/c1-16(22(31)28-23-13-17-10-18(14-23)12-19(11-17)15-23)29-6-8-30(9-7-29)34(32,33)21-4-2-20(3-5-21)24(25,26)27/h2-5,16-19H,6-15H2,1H3,(H,28,31). The van der Waals surface area contributed by atoms with Crippen molar-refractivity contribution in [1.29, 1.82) is 0 Å². The lowest BCUT2D eigenvalue weighted by Crippen LogP contribution is -2.63. The predicted octanol–water partition coefficient (Wildman–Crippen LogP) is 3.49. The van der Waals surface area contributed by atoms with Crippen LogP contribution in [-0.4, -0.2) is 61.3 Å². The molecule has 6 rings (SSSR count). The van der Waals surface area contributed by atoms with Crippen molar-refractivity contribution in [3.63, 3.8) is 0 Å². The predicted molar refractivity (Wildman–Crippen MR) is 120 cm³/mol. The van der Waals surface area contributed by atoms with Gasteiger partial charge in [0.25, 0.3) is 0 Å². The first-order valence-electron chi connectivity index (χ1n) is 12.2. The van der Waals surface area contributed by atoms with E-state index in [4.69, 9.17) is 0 Å². The second kappa shape index (κ2) is 8.48. The summed E-state index contributed by atoms with van der Waals surface area (Å²) in [6, 6.07) is 3.24. The Kier molecular flexibility index (Phi) is 6.00. The Hall–Kier alpha value is -1.65. The summed E-state index contributed by atoms with van der Waals surface area (Å²) in [6.07, 6.45) is 2.64. The van der Waals surface area contributed by atoms with Gasteiger partial charge in [-0.05, 0) is 87.5 Å². The fraction of sp³-hybridized carbons (Fsp3) is 0.708. The van der Waals surface area contributed by atoms with Crippen LogP contribution in [-0.2, 0) is 21.0 Å². The molecule has 188 valence electrons. The molecule has 1 unspecified atom stereocenters. The number of carbonyl (C=O) groups is 1. The number of halogens is 3. The Morgan fingerprint density at radius 2 is 1.47 bits per heavy atom. The van der Waals surface area contributed by atoms with Crippen molar-refractivity contribution in [2.45, 2.75) is 68.1 Å². The van der Waals surface area contributed by atoms with Crippen LogP contribution in [0, 0.1) is 17.8 Å². The van der Waals surface area contributed by atoms with E-state index in [1.54, 1.807) is 0 Å². The van der Waals surface area contributed by atoms with Crippen LogP contribution in [0.1, 0.15) is 51.0 Å². The van der Waals surface area contributed by atoms with Crippen molar-refractivity contribution in [3.8, 4) is 0 Å². The molecule has 1 saturated heterocycles. The molecule has 6 nitrogen and oxygen atoms in total. The minimum absolute atomic E-state index is 0.0148. The van der Waals surface area contributed by atoms with E-state index < -0.39 is 21.8 Å². The van der Waals surface area contributed by atoms with Crippen molar-refractivity contribution in [2.75, 3.05) is 26.2 Å². The second-order valence-corrected chi connectivity index (χ2v) is 12.8. The highest BCUT2D eigenvalue weighted by Gasteiger charge is 2.52. The molecular formula is C24H32F3N3O3S. The van der Waals surface area contributed by atoms with Crippen molar-refractivity contribution in [3.05, 3.63) is 29.8 Å². The Bertz CT molecular complexity index is 998. The molecule has 1 aromatic rings. The number of benzene rings is 1. The van der Waals surface area contributed by atoms with Crippen LogP contribution in [0.3, 0.4) is 0 Å². The third-order valence-electron chi connectivity index (χ3n) is 8.45. The molecular weight excluding hydrogens is 467 g/mol. The van der Waals surface area contributed by atoms with Gasteiger partial charge in [0, 0.05) is 31.7 Å². The fourth-order valence-electron chi connectivity index (χ4n) is 7.09. The minimum Gasteiger partial charge on any atom is -0.349 e. The topological polar surface area (TPSA) is 69.7 Å². The lowest BCUT2D eigenvalue weighted by molar-refractivity contribution is -0.137. The van der Waals surface area contributed by atoms with Crippen molar-refractivity contribution in [2.24, 2.45) is 17.8 Å². The van der Waals surface area contributed by atoms with Crippen LogP contribution >= 0.6 is 0 Å². The molecule has 1 aliphatic heterocycles. The first-order valence-corrected chi connectivity index (χ1v) is 13.6. The maximum absolute atomic E-state index is 13.2. The third kappa shape index (κ3) is 4.48. The number of nitrogens with one attached hydrogen (secondary N) is 1. The second-order valence-electron chi connectivity index (χ2n) is 10.8. The van der Waals surface area contributed by atoms with Gasteiger partial charge in [-0.25, -0.2) is 8.42 Å². The number of nitrogens with zero attached hydrogens (tertiary/aromatic N) is 2. The maximum Gasteiger partial charge on any atom is 0.416 e. The van der Waals surface area contributed by atoms with Crippen molar-refractivity contribution in [1.82, 2.24) is 14.5 Å². The molecule has 0 aromatic heterocycles. The zero-order valence-corrected chi connectivity index (χ0v) is 20.2. The van der Waals surface area contributed by atoms with Crippen molar-refractivity contribution >= 4 is 15.9 Å². The minimum atomic E-state index is -4.51. The largest absolute Gasteiger partial charge is 0.416 e. The van der Waals surface area contributed by atoms with Crippen LogP contribution in [0.15, 0.2) is 29.2 Å². The average Bonchev–Trinajstić information content (AvgIpc) is 2.77. The van der Waals surface area contributed by atoms with Crippen LogP contribution in [0.2, 0.25) is 0 Å². The van der Waals surface area contributed by atoms with Gasteiger partial charge in [-0.3, -0.25) is 9.69 Å². The molecule has 4 saturated carbocycles. The molecule has 1 N–H and O–H groups in total. The summed E-state index contributed by atoms with van der Waals surface area (Å²) in [7, 11) is -3.89. The number of hydrogen-bond acceptors (Lipinski definition) is 4. The molecule has 1 atom stereocenters. The molecule has 0 radical (unpaired) electrons. The highest BCUT2D eigenvalue weighted by atomic mass is 32.2. The summed E-state index contributed by atoms with van der Waals surface area (Å²) in [5, 5.41) is 3.40. The van der Waals surface area contributed by atoms with Gasteiger partial charge in [0.1, 0.15) is 0 Å². The Balaban J connectivity index is 1.18. The fourth-order valence-corrected chi connectivity index (χ4v) is 8.51. The van der Waals surface area contributed by atoms with Gasteiger partial charge in [-0.15, -0.1) is 0 Å². The summed E-state index contributed by atoms with van der Waals surface area (Å²) in [4.78, 5) is 15.0. The summed E-state index contributed by atoms with van der Waals surface area (Å²) in [5.41, 5.74) is -0.941. The number of alkyl halides is 3. The molecule has 1 heterocycles. The van der Waals surface area contributed by atoms with E-state index in [9.17, 15) is 26.4 Å². The highest BCUT2D eigenvalue weighted by Crippen LogP contribution is 2.55. The molecule has 34 heavy (non-hydrogen) atoms. The summed E-state index contributed by atoms with van der Waals surface area (Å²) in [5.74, 6) is 2.23. The van der Waals surface area contributed by atoms with Crippen molar-refractivity contribution < 1.29 is 26.4 Å². The number of carbonyl (C=O) groups excluding carboxylic acids is 1. The number of rotatable bonds is 5. The summed E-state index contributed by atoms with van der Waals surface area (Å²) in [6.45, 7) is 3.05. The van der Waals surface area contributed by atoms with E-state index in [0.29, 0.717) is 13.1 Å². The number of piperazine rings is 1. The SMILES string of the molecule is CC(C(=O)NC12CC3CC(CC(C3)C1)C2)N1CCN(S(=O)(=O)c2ccc(C(F)(F)F)cc2)CC1. The van der Waals surface area contributed by atoms with Gasteiger partial charge in [0.15, 0.2) is 0 Å². The lowest BCUT2D eigenvalue weighted by atomic mass is 9.53. The molecule has 5 fully saturated rings. The number of hydrogen-bond donors (Lipinski definition) is 1. The van der Waals surface area contributed by atoms with E-state index in [2.05, 4.69) is 5.32 Å². The van der Waals surface area contributed by atoms with E-state index in [1.807, 2.05) is 11.8 Å². The summed E-state index contributed by atoms with van der Waals surface area (Å²) >= 11 is 0. The normalized spacial score (nSPS) is 33.1. The quantitative estimate of drug-likeness (QED) is 0.674. The third-order valence-corrected chi connectivity index (χ3v) is 10.4. The molecule has 4 bridgehead atoms. The zero-order chi connectivity index (χ0) is 24.3. The number of sulfonamides is 1. The van der Waals surface area contributed by atoms with Crippen LogP contribution in [0.5, 0.6) is 0 Å². The van der Waals surface area contributed by atoms with E-state index in [-0.39, 0.29) is 35.5 Å². The molecule has 10 heteroatoms. The van der Waals surface area contributed by atoms with Gasteiger partial charge in [0.05, 0.1) is 16.5 Å². The lowest BCUT2D eigenvalue weighted by Gasteiger charge is -2.57. The number of amides is 1. The van der Waals surface area contributed by atoms with E-state index in [0.717, 1.165) is 61.3 Å². The van der Waals surface area contributed by atoms with Crippen LogP contribution in [0.4, 0.5) is 13.2 Å². The summed E-state index contributed by atoms with van der Waals surface area (Å²) < 4.78 is 65.5. The molecule has 1 aromatic carbocycles.